The zero-order chi connectivity index (χ0) is 23.3. The van der Waals surface area contributed by atoms with Crippen LogP contribution in [0.3, 0.4) is 0 Å². The summed E-state index contributed by atoms with van der Waals surface area (Å²) >= 11 is 0.800. The molecule has 0 aliphatic carbocycles. The Hall–Kier alpha value is -3.27. The van der Waals surface area contributed by atoms with Gasteiger partial charge in [-0.3, -0.25) is 19.3 Å². The number of nitrogens with zero attached hydrogens (tertiary/aromatic N) is 1. The van der Waals surface area contributed by atoms with Crippen molar-refractivity contribution in [2.75, 3.05) is 20.2 Å². The van der Waals surface area contributed by atoms with E-state index in [-0.39, 0.29) is 30.0 Å². The van der Waals surface area contributed by atoms with Crippen LogP contribution in [0.1, 0.15) is 16.7 Å². The summed E-state index contributed by atoms with van der Waals surface area (Å²) < 4.78 is 43.4. The Kier molecular flexibility index (Phi) is 7.24. The number of amides is 3. The highest BCUT2D eigenvalue weighted by Gasteiger charge is 2.34. The number of thioether (sulfide) groups is 1. The highest BCUT2D eigenvalue weighted by Crippen LogP contribution is 2.32. The first-order chi connectivity index (χ1) is 15.2. The Morgan fingerprint density at radius 2 is 1.88 bits per heavy atom. The summed E-state index contributed by atoms with van der Waals surface area (Å²) in [4.78, 5) is 38.0. The van der Waals surface area contributed by atoms with Crippen LogP contribution in [0, 0.1) is 0 Å². The number of rotatable bonds is 7. The summed E-state index contributed by atoms with van der Waals surface area (Å²) in [5.74, 6) is -0.316. The second-order valence-corrected chi connectivity index (χ2v) is 7.82. The molecule has 6 nitrogen and oxygen atoms in total. The third kappa shape index (κ3) is 5.91. The number of carbonyl (C=O) groups excluding carboxylic acids is 3. The third-order valence-corrected chi connectivity index (χ3v) is 5.47. The fraction of sp³-hybridized carbons (Fsp3) is 0.227. The molecule has 0 bridgehead atoms. The van der Waals surface area contributed by atoms with Crippen LogP contribution in [-0.2, 0) is 22.2 Å². The maximum atomic E-state index is 12.8. The minimum Gasteiger partial charge on any atom is -0.497 e. The van der Waals surface area contributed by atoms with E-state index in [2.05, 4.69) is 5.32 Å². The number of nitrogens with one attached hydrogen (secondary N) is 1. The van der Waals surface area contributed by atoms with Crippen molar-refractivity contribution in [3.63, 3.8) is 0 Å². The van der Waals surface area contributed by atoms with Gasteiger partial charge in [-0.2, -0.15) is 13.2 Å². The molecule has 3 amide bonds. The molecule has 1 fully saturated rings. The Balaban J connectivity index is 1.53. The van der Waals surface area contributed by atoms with Crippen molar-refractivity contribution in [1.82, 2.24) is 10.2 Å². The van der Waals surface area contributed by atoms with Gasteiger partial charge in [0, 0.05) is 13.1 Å². The van der Waals surface area contributed by atoms with Gasteiger partial charge in [-0.1, -0.05) is 30.3 Å². The highest BCUT2D eigenvalue weighted by atomic mass is 32.2. The van der Waals surface area contributed by atoms with Gasteiger partial charge < -0.3 is 10.1 Å². The first-order valence-corrected chi connectivity index (χ1v) is 10.3. The Morgan fingerprint density at radius 1 is 1.16 bits per heavy atom. The fourth-order valence-electron chi connectivity index (χ4n) is 2.96. The third-order valence-electron chi connectivity index (χ3n) is 4.56. The van der Waals surface area contributed by atoms with E-state index in [9.17, 15) is 27.6 Å². The van der Waals surface area contributed by atoms with Crippen molar-refractivity contribution in [2.24, 2.45) is 0 Å². The molecule has 0 spiro atoms. The fourth-order valence-corrected chi connectivity index (χ4v) is 3.82. The number of ether oxygens (including phenoxy) is 1. The zero-order valence-electron chi connectivity index (χ0n) is 16.9. The van der Waals surface area contributed by atoms with Gasteiger partial charge in [-0.15, -0.1) is 0 Å². The molecule has 0 atom stereocenters. The molecule has 2 aromatic rings. The normalized spacial score (nSPS) is 15.4. The number of alkyl halides is 3. The van der Waals surface area contributed by atoms with Crippen LogP contribution in [0.25, 0.3) is 6.08 Å². The molecule has 32 heavy (non-hydrogen) atoms. The monoisotopic (exact) mass is 464 g/mol. The van der Waals surface area contributed by atoms with E-state index in [1.54, 1.807) is 37.5 Å². The van der Waals surface area contributed by atoms with Crippen molar-refractivity contribution in [3.05, 3.63) is 70.1 Å². The Bertz CT molecular complexity index is 1050. The lowest BCUT2D eigenvalue weighted by atomic mass is 10.1. The molecule has 1 aliphatic rings. The molecule has 1 N–H and O–H groups in total. The van der Waals surface area contributed by atoms with E-state index < -0.39 is 28.8 Å². The molecule has 2 aromatic carbocycles. The quantitative estimate of drug-likeness (QED) is 0.625. The van der Waals surface area contributed by atoms with Gasteiger partial charge in [0.2, 0.25) is 5.91 Å². The topological polar surface area (TPSA) is 75.7 Å². The van der Waals surface area contributed by atoms with Gasteiger partial charge in [0.25, 0.3) is 11.1 Å². The second kappa shape index (κ2) is 9.90. The van der Waals surface area contributed by atoms with Crippen LogP contribution < -0.4 is 10.1 Å². The number of carbonyl (C=O) groups is 3. The van der Waals surface area contributed by atoms with Crippen molar-refractivity contribution in [2.45, 2.75) is 12.6 Å². The largest absolute Gasteiger partial charge is 0.497 e. The molecule has 3 rings (SSSR count). The van der Waals surface area contributed by atoms with Gasteiger partial charge in [-0.05, 0) is 47.2 Å². The molecule has 168 valence electrons. The van der Waals surface area contributed by atoms with E-state index in [1.165, 1.54) is 12.1 Å². The Labute approximate surface area is 186 Å². The summed E-state index contributed by atoms with van der Waals surface area (Å²) in [6.45, 7) is -0.0510. The minimum absolute atomic E-state index is 0.00828. The first kappa shape index (κ1) is 23.4. The maximum absolute atomic E-state index is 12.8. The smallest absolute Gasteiger partial charge is 0.416 e. The van der Waals surface area contributed by atoms with E-state index in [1.807, 2.05) is 0 Å². The minimum atomic E-state index is -4.49. The highest BCUT2D eigenvalue weighted by molar-refractivity contribution is 8.18. The average molecular weight is 464 g/mol. The van der Waals surface area contributed by atoms with Crippen LogP contribution in [0.2, 0.25) is 0 Å². The molecule has 1 heterocycles. The lowest BCUT2D eigenvalue weighted by Crippen LogP contribution is -2.37. The molecule has 1 saturated heterocycles. The molecule has 1 aliphatic heterocycles. The lowest BCUT2D eigenvalue weighted by Gasteiger charge is -2.13. The summed E-state index contributed by atoms with van der Waals surface area (Å²) in [5.41, 5.74) is 0.112. The summed E-state index contributed by atoms with van der Waals surface area (Å²) in [6.07, 6.45) is -3.14. The molecular formula is C22H19F3N2O4S. The van der Waals surface area contributed by atoms with Crippen LogP contribution in [0.4, 0.5) is 18.0 Å². The molecule has 0 aromatic heterocycles. The van der Waals surface area contributed by atoms with Crippen LogP contribution >= 0.6 is 11.8 Å². The summed E-state index contributed by atoms with van der Waals surface area (Å²) in [5, 5.41) is 2.07. The van der Waals surface area contributed by atoms with E-state index in [4.69, 9.17) is 4.74 Å². The van der Waals surface area contributed by atoms with E-state index in [0.29, 0.717) is 5.75 Å². The summed E-state index contributed by atoms with van der Waals surface area (Å²) in [6, 6.07) is 11.5. The number of hydrogen-bond acceptors (Lipinski definition) is 5. The van der Waals surface area contributed by atoms with Crippen LogP contribution in [0.5, 0.6) is 5.75 Å². The first-order valence-electron chi connectivity index (χ1n) is 9.49. The number of halogens is 3. The van der Waals surface area contributed by atoms with Crippen LogP contribution in [0.15, 0.2) is 53.4 Å². The van der Waals surface area contributed by atoms with E-state index in [0.717, 1.165) is 34.4 Å². The van der Waals surface area contributed by atoms with Crippen molar-refractivity contribution in [1.29, 1.82) is 0 Å². The number of hydrogen-bond donors (Lipinski definition) is 1. The van der Waals surface area contributed by atoms with Crippen molar-refractivity contribution in [3.8, 4) is 5.75 Å². The molecule has 10 heteroatoms. The molecular weight excluding hydrogens is 445 g/mol. The van der Waals surface area contributed by atoms with Crippen molar-refractivity contribution < 1.29 is 32.3 Å². The van der Waals surface area contributed by atoms with Gasteiger partial charge in [0.05, 0.1) is 24.0 Å². The lowest BCUT2D eigenvalue weighted by molar-refractivity contribution is -0.137. The van der Waals surface area contributed by atoms with Gasteiger partial charge in [0.1, 0.15) is 5.75 Å². The van der Waals surface area contributed by atoms with Crippen molar-refractivity contribution >= 4 is 34.9 Å². The zero-order valence-corrected chi connectivity index (χ0v) is 17.8. The Morgan fingerprint density at radius 3 is 2.53 bits per heavy atom. The average Bonchev–Trinajstić information content (AvgIpc) is 3.01. The van der Waals surface area contributed by atoms with Gasteiger partial charge in [0.15, 0.2) is 0 Å². The number of benzene rings is 2. The van der Waals surface area contributed by atoms with Gasteiger partial charge >= 0.3 is 6.18 Å². The SMILES string of the molecule is COc1ccc(/C=C2/SC(=O)N(CCNC(=O)Cc3cccc(C(F)(F)F)c3)C2=O)cc1. The second-order valence-electron chi connectivity index (χ2n) is 6.83. The van der Waals surface area contributed by atoms with Crippen LogP contribution in [-0.4, -0.2) is 42.2 Å². The molecule has 0 unspecified atom stereocenters. The standard InChI is InChI=1S/C22H19F3N2O4S/c1-31-17-7-5-14(6-8-17)12-18-20(29)27(21(30)32-18)10-9-26-19(28)13-15-3-2-4-16(11-15)22(23,24)25/h2-8,11-12H,9-10,13H2,1H3,(H,26,28)/b18-12+. The maximum Gasteiger partial charge on any atom is 0.416 e. The molecule has 0 radical (unpaired) electrons. The predicted molar refractivity (Wildman–Crippen MR) is 114 cm³/mol. The van der Waals surface area contributed by atoms with Gasteiger partial charge in [-0.25, -0.2) is 0 Å². The number of methoxy groups -OCH3 is 1. The van der Waals surface area contributed by atoms with E-state index >= 15 is 0 Å². The predicted octanol–water partition coefficient (Wildman–Crippen LogP) is 4.11. The summed E-state index contributed by atoms with van der Waals surface area (Å²) in [7, 11) is 1.54. The number of imide groups is 1. The molecule has 0 saturated carbocycles.